The van der Waals surface area contributed by atoms with E-state index in [1.54, 1.807) is 18.2 Å². The summed E-state index contributed by atoms with van der Waals surface area (Å²) in [6.07, 6.45) is 7.09. The Balaban J connectivity index is 4.11. The van der Waals surface area contributed by atoms with Crippen LogP contribution in [0.1, 0.15) is 19.3 Å². The van der Waals surface area contributed by atoms with Crippen molar-refractivity contribution in [3.8, 4) is 0 Å². The number of hydrogen-bond donors (Lipinski definition) is 3. The summed E-state index contributed by atoms with van der Waals surface area (Å²) in [6.45, 7) is 12.0. The van der Waals surface area contributed by atoms with Gasteiger partial charge >= 0.3 is 7.82 Å². The van der Waals surface area contributed by atoms with Gasteiger partial charge in [-0.1, -0.05) is 18.2 Å². The highest BCUT2D eigenvalue weighted by Gasteiger charge is 2.28. The van der Waals surface area contributed by atoms with Crippen molar-refractivity contribution < 1.29 is 18.4 Å². The van der Waals surface area contributed by atoms with E-state index in [2.05, 4.69) is 36.2 Å². The van der Waals surface area contributed by atoms with Gasteiger partial charge in [0.1, 0.15) is 0 Å². The second kappa shape index (κ2) is 13.2. The molecule has 0 fully saturated rings. The van der Waals surface area contributed by atoms with Gasteiger partial charge in [0.05, 0.1) is 0 Å². The van der Waals surface area contributed by atoms with Crippen LogP contribution >= 0.6 is 7.82 Å². The zero-order valence-corrected chi connectivity index (χ0v) is 12.6. The molecule has 3 N–H and O–H groups in total. The van der Waals surface area contributed by atoms with Crippen molar-refractivity contribution in [1.29, 1.82) is 0 Å². The van der Waals surface area contributed by atoms with E-state index in [-0.39, 0.29) is 0 Å². The minimum Gasteiger partial charge on any atom is -0.223 e. The number of phosphoric acid groups is 1. The predicted molar refractivity (Wildman–Crippen MR) is 79.3 cm³/mol. The van der Waals surface area contributed by atoms with E-state index in [0.29, 0.717) is 38.9 Å². The molecule has 7 nitrogen and oxygen atoms in total. The van der Waals surface area contributed by atoms with Gasteiger partial charge in [-0.15, -0.1) is 19.7 Å². The lowest BCUT2D eigenvalue weighted by Gasteiger charge is -2.17. The van der Waals surface area contributed by atoms with Gasteiger partial charge in [-0.05, 0) is 19.3 Å². The number of nitrogens with one attached hydrogen (secondary N) is 3. The molecular weight excluding hydrogens is 281 g/mol. The molecule has 0 aliphatic heterocycles. The van der Waals surface area contributed by atoms with Crippen molar-refractivity contribution in [3.63, 3.8) is 0 Å². The van der Waals surface area contributed by atoms with Gasteiger partial charge in [-0.25, -0.2) is 4.57 Å². The van der Waals surface area contributed by atoms with Crippen molar-refractivity contribution in [2.75, 3.05) is 19.6 Å². The lowest BCUT2D eigenvalue weighted by atomic mass is 10.4. The molecule has 0 atom stereocenters. The smallest absolute Gasteiger partial charge is 0.223 e. The maximum absolute atomic E-state index is 12.2. The predicted octanol–water partition coefficient (Wildman–Crippen LogP) is 2.39. The number of rotatable bonds is 15. The van der Waals surface area contributed by atoms with Crippen molar-refractivity contribution >= 4 is 7.82 Å². The normalized spacial score (nSPS) is 11.2. The Labute approximate surface area is 120 Å². The van der Waals surface area contributed by atoms with Crippen molar-refractivity contribution in [2.45, 2.75) is 19.3 Å². The molecule has 0 bridgehead atoms. The third-order valence-electron chi connectivity index (χ3n) is 1.88. The van der Waals surface area contributed by atoms with Crippen LogP contribution in [0, 0.1) is 0 Å². The number of hydroxylamine groups is 3. The van der Waals surface area contributed by atoms with E-state index in [1.807, 2.05) is 0 Å². The van der Waals surface area contributed by atoms with Crippen LogP contribution in [0.4, 0.5) is 0 Å². The second-order valence-corrected chi connectivity index (χ2v) is 5.08. The average Bonchev–Trinajstić information content (AvgIpc) is 2.45. The highest BCUT2D eigenvalue weighted by atomic mass is 31.2. The summed E-state index contributed by atoms with van der Waals surface area (Å²) < 4.78 is 27.0. The van der Waals surface area contributed by atoms with E-state index in [0.717, 1.165) is 0 Å². The zero-order valence-electron chi connectivity index (χ0n) is 11.7. The first-order chi connectivity index (χ1) is 9.68. The molecule has 0 unspecified atom stereocenters. The summed E-state index contributed by atoms with van der Waals surface area (Å²) >= 11 is 0. The third-order valence-corrected chi connectivity index (χ3v) is 2.94. The molecular formula is C12H24N3O4P. The molecule has 0 aromatic carbocycles. The Hall–Kier alpha value is -0.790. The van der Waals surface area contributed by atoms with Crippen LogP contribution in [0.2, 0.25) is 0 Å². The Kier molecular flexibility index (Phi) is 12.7. The highest BCUT2D eigenvalue weighted by molar-refractivity contribution is 7.48. The minimum atomic E-state index is -3.78. The van der Waals surface area contributed by atoms with Crippen molar-refractivity contribution in [1.82, 2.24) is 16.4 Å². The molecule has 0 saturated heterocycles. The Bertz CT molecular complexity index is 278. The van der Waals surface area contributed by atoms with Crippen LogP contribution in [0.15, 0.2) is 38.0 Å². The van der Waals surface area contributed by atoms with E-state index in [4.69, 9.17) is 13.9 Å². The standard InChI is InChI=1S/C12H24N3O4P/c1-4-7-10-13-17-20(16,18-14-11-8-5-2)19-15-12-9-6-3/h4-6,13-15H,1-3,7-12H2. The van der Waals surface area contributed by atoms with Crippen LogP contribution in [-0.4, -0.2) is 19.6 Å². The van der Waals surface area contributed by atoms with Crippen molar-refractivity contribution in [3.05, 3.63) is 38.0 Å². The maximum atomic E-state index is 12.2. The van der Waals surface area contributed by atoms with Gasteiger partial charge in [0.2, 0.25) is 0 Å². The summed E-state index contributed by atoms with van der Waals surface area (Å²) in [4.78, 5) is 0. The second-order valence-electron chi connectivity index (χ2n) is 3.64. The van der Waals surface area contributed by atoms with Crippen LogP contribution < -0.4 is 16.4 Å². The van der Waals surface area contributed by atoms with Gasteiger partial charge in [-0.2, -0.15) is 30.3 Å². The fourth-order valence-corrected chi connectivity index (χ4v) is 1.77. The monoisotopic (exact) mass is 305 g/mol. The molecule has 0 aliphatic rings. The first-order valence-corrected chi connectivity index (χ1v) is 7.81. The summed E-state index contributed by atoms with van der Waals surface area (Å²) in [5, 5.41) is 0. The molecule has 20 heavy (non-hydrogen) atoms. The van der Waals surface area contributed by atoms with Crippen LogP contribution in [0.5, 0.6) is 0 Å². The first-order valence-electron chi connectivity index (χ1n) is 6.35. The van der Waals surface area contributed by atoms with E-state index >= 15 is 0 Å². The molecule has 116 valence electrons. The van der Waals surface area contributed by atoms with E-state index in [9.17, 15) is 4.57 Å². The average molecular weight is 305 g/mol. The molecule has 0 saturated carbocycles. The topological polar surface area (TPSA) is 80.9 Å². The molecule has 0 amide bonds. The summed E-state index contributed by atoms with van der Waals surface area (Å²) in [5.74, 6) is 0. The lowest BCUT2D eigenvalue weighted by Crippen LogP contribution is -2.25. The SMILES string of the molecule is C=CCCNOP(=O)(ONCCC=C)ONCCC=C. The van der Waals surface area contributed by atoms with Gasteiger partial charge in [0.25, 0.3) is 0 Å². The van der Waals surface area contributed by atoms with Gasteiger partial charge in [0.15, 0.2) is 0 Å². The summed E-state index contributed by atoms with van der Waals surface area (Å²) in [7, 11) is -3.78. The van der Waals surface area contributed by atoms with Gasteiger partial charge < -0.3 is 0 Å². The molecule has 0 aliphatic carbocycles. The molecule has 0 radical (unpaired) electrons. The fraction of sp³-hybridized carbons (Fsp3) is 0.500. The molecule has 0 rings (SSSR count). The van der Waals surface area contributed by atoms with Crippen LogP contribution in [0.3, 0.4) is 0 Å². The van der Waals surface area contributed by atoms with Gasteiger partial charge in [0, 0.05) is 19.6 Å². The quantitative estimate of drug-likeness (QED) is 0.185. The van der Waals surface area contributed by atoms with Gasteiger partial charge in [-0.3, -0.25) is 0 Å². The Morgan fingerprint density at radius 2 is 1.05 bits per heavy atom. The first kappa shape index (κ1) is 19.2. The molecule has 0 heterocycles. The Morgan fingerprint density at radius 1 is 0.750 bits per heavy atom. The van der Waals surface area contributed by atoms with Crippen molar-refractivity contribution in [2.24, 2.45) is 0 Å². The molecule has 0 aromatic rings. The molecule has 8 heteroatoms. The van der Waals surface area contributed by atoms with Crippen LogP contribution in [0.25, 0.3) is 0 Å². The fourth-order valence-electron chi connectivity index (χ4n) is 0.913. The third kappa shape index (κ3) is 11.1. The number of hydrogen-bond acceptors (Lipinski definition) is 7. The summed E-state index contributed by atoms with van der Waals surface area (Å²) in [5.41, 5.74) is 7.51. The Morgan fingerprint density at radius 3 is 1.30 bits per heavy atom. The van der Waals surface area contributed by atoms with E-state index < -0.39 is 7.82 Å². The largest absolute Gasteiger partial charge is 0.524 e. The molecule has 0 spiro atoms. The lowest BCUT2D eigenvalue weighted by molar-refractivity contribution is 0.0173. The molecule has 0 aromatic heterocycles. The van der Waals surface area contributed by atoms with E-state index in [1.165, 1.54) is 0 Å². The van der Waals surface area contributed by atoms with Crippen LogP contribution in [-0.2, 0) is 18.4 Å². The highest BCUT2D eigenvalue weighted by Crippen LogP contribution is 2.46. The zero-order chi connectivity index (χ0) is 15.1. The summed E-state index contributed by atoms with van der Waals surface area (Å²) in [6, 6.07) is 0. The maximum Gasteiger partial charge on any atom is 0.524 e. The minimum absolute atomic E-state index is 0.444.